The number of aryl methyl sites for hydroxylation is 1. The van der Waals surface area contributed by atoms with Crippen molar-refractivity contribution in [1.82, 2.24) is 10.2 Å². The summed E-state index contributed by atoms with van der Waals surface area (Å²) in [5.41, 5.74) is 0. The zero-order chi connectivity index (χ0) is 9.10. The molecule has 0 fully saturated rings. The minimum absolute atomic E-state index is 0.170. The quantitative estimate of drug-likeness (QED) is 0.703. The molecule has 0 atom stereocenters. The highest BCUT2D eigenvalue weighted by atomic mass is 16.6. The van der Waals surface area contributed by atoms with E-state index in [9.17, 15) is 0 Å². The van der Waals surface area contributed by atoms with Crippen LogP contribution in [0.3, 0.4) is 0 Å². The molecule has 2 rings (SSSR count). The molecular weight excluding hydrogens is 168 g/mol. The van der Waals surface area contributed by atoms with Crippen molar-refractivity contribution >= 4 is 0 Å². The summed E-state index contributed by atoms with van der Waals surface area (Å²) >= 11 is 0. The highest BCUT2D eigenvalue weighted by molar-refractivity contribution is 5.23. The van der Waals surface area contributed by atoms with Crippen LogP contribution in [0.5, 0.6) is 11.8 Å². The van der Waals surface area contributed by atoms with E-state index in [2.05, 4.69) is 10.2 Å². The van der Waals surface area contributed by atoms with Gasteiger partial charge in [-0.2, -0.15) is 0 Å². The molecule has 0 aliphatic carbocycles. The lowest BCUT2D eigenvalue weighted by Crippen LogP contribution is -1.82. The standard InChI is InChI=1S/C9H8N2O2/c1-7-10-11-9(12-7)13-8-5-3-2-4-6-8/h2-6H,1H3. The number of benzene rings is 1. The second-order valence-electron chi connectivity index (χ2n) is 2.50. The van der Waals surface area contributed by atoms with Gasteiger partial charge in [0.15, 0.2) is 0 Å². The summed E-state index contributed by atoms with van der Waals surface area (Å²) in [6.45, 7) is 1.71. The Morgan fingerprint density at radius 1 is 1.15 bits per heavy atom. The Hall–Kier alpha value is -1.84. The fourth-order valence-electron chi connectivity index (χ4n) is 0.909. The van der Waals surface area contributed by atoms with E-state index in [1.807, 2.05) is 30.3 Å². The molecule has 13 heavy (non-hydrogen) atoms. The van der Waals surface area contributed by atoms with E-state index in [-0.39, 0.29) is 6.08 Å². The van der Waals surface area contributed by atoms with Crippen molar-refractivity contribution in [2.24, 2.45) is 0 Å². The van der Waals surface area contributed by atoms with Gasteiger partial charge in [-0.15, -0.1) is 5.10 Å². The molecule has 0 N–H and O–H groups in total. The van der Waals surface area contributed by atoms with Gasteiger partial charge < -0.3 is 9.15 Å². The fraction of sp³-hybridized carbons (Fsp3) is 0.111. The molecule has 0 unspecified atom stereocenters. The van der Waals surface area contributed by atoms with Crippen LogP contribution in [0.1, 0.15) is 5.89 Å². The molecule has 1 aromatic heterocycles. The van der Waals surface area contributed by atoms with Crippen molar-refractivity contribution < 1.29 is 9.15 Å². The zero-order valence-corrected chi connectivity index (χ0v) is 7.10. The maximum absolute atomic E-state index is 5.26. The second-order valence-corrected chi connectivity index (χ2v) is 2.50. The first-order valence-corrected chi connectivity index (χ1v) is 3.87. The van der Waals surface area contributed by atoms with Crippen LogP contribution in [0.4, 0.5) is 0 Å². The molecule has 0 saturated heterocycles. The highest BCUT2D eigenvalue weighted by Gasteiger charge is 2.03. The summed E-state index contributed by atoms with van der Waals surface area (Å²) in [5, 5.41) is 7.34. The lowest BCUT2D eigenvalue weighted by atomic mass is 10.3. The zero-order valence-electron chi connectivity index (χ0n) is 7.10. The molecular formula is C9H8N2O2. The number of para-hydroxylation sites is 1. The summed E-state index contributed by atoms with van der Waals surface area (Å²) in [7, 11) is 0. The summed E-state index contributed by atoms with van der Waals surface area (Å²) < 4.78 is 10.3. The number of ether oxygens (including phenoxy) is 1. The van der Waals surface area contributed by atoms with Gasteiger partial charge in [0.05, 0.1) is 0 Å². The van der Waals surface area contributed by atoms with E-state index in [1.165, 1.54) is 0 Å². The lowest BCUT2D eigenvalue weighted by molar-refractivity contribution is 0.323. The summed E-state index contributed by atoms with van der Waals surface area (Å²) in [6, 6.07) is 9.29. The van der Waals surface area contributed by atoms with E-state index < -0.39 is 0 Å². The Bertz CT molecular complexity index is 384. The van der Waals surface area contributed by atoms with Crippen LogP contribution in [0.25, 0.3) is 0 Å². The van der Waals surface area contributed by atoms with Gasteiger partial charge in [-0.05, 0) is 12.1 Å². The van der Waals surface area contributed by atoms with Crippen molar-refractivity contribution in [2.75, 3.05) is 0 Å². The van der Waals surface area contributed by atoms with Gasteiger partial charge in [-0.1, -0.05) is 23.3 Å². The predicted molar refractivity (Wildman–Crippen MR) is 45.6 cm³/mol. The van der Waals surface area contributed by atoms with Gasteiger partial charge in [0, 0.05) is 6.92 Å². The molecule has 0 amide bonds. The van der Waals surface area contributed by atoms with E-state index >= 15 is 0 Å². The first kappa shape index (κ1) is 7.79. The van der Waals surface area contributed by atoms with Crippen LogP contribution in [-0.4, -0.2) is 10.2 Å². The monoisotopic (exact) mass is 176 g/mol. The molecule has 1 aromatic carbocycles. The van der Waals surface area contributed by atoms with Crippen LogP contribution in [-0.2, 0) is 0 Å². The maximum Gasteiger partial charge on any atom is 0.420 e. The van der Waals surface area contributed by atoms with Gasteiger partial charge in [-0.25, -0.2) is 0 Å². The van der Waals surface area contributed by atoms with E-state index in [1.54, 1.807) is 6.92 Å². The number of rotatable bonds is 2. The minimum atomic E-state index is 0.170. The molecule has 0 aliphatic heterocycles. The van der Waals surface area contributed by atoms with Gasteiger partial charge in [0.2, 0.25) is 5.89 Å². The van der Waals surface area contributed by atoms with Crippen molar-refractivity contribution in [1.29, 1.82) is 0 Å². The third kappa shape index (κ3) is 1.84. The van der Waals surface area contributed by atoms with Crippen molar-refractivity contribution in [3.63, 3.8) is 0 Å². The van der Waals surface area contributed by atoms with Crippen LogP contribution >= 0.6 is 0 Å². The van der Waals surface area contributed by atoms with E-state index in [4.69, 9.17) is 9.15 Å². The Morgan fingerprint density at radius 3 is 2.54 bits per heavy atom. The maximum atomic E-state index is 5.26. The number of aromatic nitrogens is 2. The molecule has 0 radical (unpaired) electrons. The Kier molecular flexibility index (Phi) is 1.96. The first-order chi connectivity index (χ1) is 6.34. The van der Waals surface area contributed by atoms with Gasteiger partial charge in [0.1, 0.15) is 5.75 Å². The molecule has 66 valence electrons. The second kappa shape index (κ2) is 3.26. The third-order valence-corrected chi connectivity index (χ3v) is 1.46. The van der Waals surface area contributed by atoms with Crippen molar-refractivity contribution in [2.45, 2.75) is 6.92 Å². The van der Waals surface area contributed by atoms with Crippen LogP contribution in [0.2, 0.25) is 0 Å². The van der Waals surface area contributed by atoms with Gasteiger partial charge in [-0.3, -0.25) is 0 Å². The van der Waals surface area contributed by atoms with Gasteiger partial charge in [0.25, 0.3) is 0 Å². The Balaban J connectivity index is 2.15. The highest BCUT2D eigenvalue weighted by Crippen LogP contribution is 2.18. The first-order valence-electron chi connectivity index (χ1n) is 3.87. The fourth-order valence-corrected chi connectivity index (χ4v) is 0.909. The van der Waals surface area contributed by atoms with E-state index in [0.29, 0.717) is 11.6 Å². The lowest BCUT2D eigenvalue weighted by Gasteiger charge is -1.97. The topological polar surface area (TPSA) is 48.2 Å². The molecule has 0 saturated carbocycles. The molecule has 0 aliphatic rings. The predicted octanol–water partition coefficient (Wildman–Crippen LogP) is 2.17. The molecule has 0 bridgehead atoms. The van der Waals surface area contributed by atoms with Crippen LogP contribution in [0, 0.1) is 6.92 Å². The normalized spacial score (nSPS) is 9.92. The van der Waals surface area contributed by atoms with E-state index in [0.717, 1.165) is 0 Å². The summed E-state index contributed by atoms with van der Waals surface area (Å²) in [6.07, 6.45) is 0.170. The Labute approximate surface area is 75.2 Å². The van der Waals surface area contributed by atoms with Crippen LogP contribution in [0.15, 0.2) is 34.7 Å². The largest absolute Gasteiger partial charge is 0.420 e. The van der Waals surface area contributed by atoms with Gasteiger partial charge >= 0.3 is 6.08 Å². The molecule has 1 heterocycles. The number of hydrogen-bond acceptors (Lipinski definition) is 4. The summed E-state index contributed by atoms with van der Waals surface area (Å²) in [4.78, 5) is 0. The average molecular weight is 176 g/mol. The van der Waals surface area contributed by atoms with Crippen molar-refractivity contribution in [3.05, 3.63) is 36.2 Å². The Morgan fingerprint density at radius 2 is 1.92 bits per heavy atom. The summed E-state index contributed by atoms with van der Waals surface area (Å²) in [5.74, 6) is 1.18. The third-order valence-electron chi connectivity index (χ3n) is 1.46. The van der Waals surface area contributed by atoms with Crippen LogP contribution < -0.4 is 4.74 Å². The number of nitrogens with zero attached hydrogens (tertiary/aromatic N) is 2. The SMILES string of the molecule is Cc1nnc(Oc2ccccc2)o1. The molecule has 2 aromatic rings. The molecule has 4 nitrogen and oxygen atoms in total. The minimum Gasteiger partial charge on any atom is -0.410 e. The average Bonchev–Trinajstić information content (AvgIpc) is 2.53. The molecule has 0 spiro atoms. The molecule has 4 heteroatoms. The smallest absolute Gasteiger partial charge is 0.410 e. The van der Waals surface area contributed by atoms with Crippen molar-refractivity contribution in [3.8, 4) is 11.8 Å². The number of hydrogen-bond donors (Lipinski definition) is 0.